The van der Waals surface area contributed by atoms with E-state index in [1.54, 1.807) is 140 Å². The molecular weight excluding hydrogens is 1450 g/mol. The highest BCUT2D eigenvalue weighted by Crippen LogP contribution is 2.31. The van der Waals surface area contributed by atoms with Crippen LogP contribution >= 0.6 is 0 Å². The van der Waals surface area contributed by atoms with Gasteiger partial charge in [-0.25, -0.2) is 28.4 Å². The zero-order chi connectivity index (χ0) is 80.6. The zero-order valence-corrected chi connectivity index (χ0v) is 61.5. The van der Waals surface area contributed by atoms with Crippen LogP contribution in [0.2, 0.25) is 0 Å². The predicted molar refractivity (Wildman–Crippen MR) is 418 cm³/mol. The highest BCUT2D eigenvalue weighted by Gasteiger charge is 2.31. The molecule has 0 bridgehead atoms. The number of oxime groups is 5. The van der Waals surface area contributed by atoms with Gasteiger partial charge in [0.2, 0.25) is 0 Å². The molecule has 1 aliphatic rings. The SMILES string of the molecule is C/C(=N\OC(=O)C1CCCCC1)c1ccccc1.COc1cccc(OC)c1C(=O)O/N=C(\C(C)=O)c1ccccc1.O=C(N/C(=N\OC(=O)c1ccccc1)c1cccc(C(F)(F)F)c1)c1ccccc1.O=C(O/N=C(\c1ccccc1)c1ccccn1)c1ccccc1.O=C(O/N=C/c1ccc(F)cc1)c1ccccc1. The third kappa shape index (κ3) is 27.6. The van der Waals surface area contributed by atoms with Gasteiger partial charge >= 0.3 is 36.0 Å². The number of carbonyl (C=O) groups excluding carboxylic acids is 7. The van der Waals surface area contributed by atoms with Gasteiger partial charge in [0.15, 0.2) is 17.3 Å². The standard InChI is InChI=1S/C22H15F3N2O3.C19H14N2O2.C18H17NO5.C15H19NO2.C14H10FNO2/c23-22(24,25)18-13-7-12-17(14-18)19(26-20(28)15-8-3-1-4-9-15)27-30-21(29)16-10-5-2-6-11-16;22-19(16-11-5-2-6-12-16)23-21-18(15-9-3-1-4-10-15)17-13-7-8-14-20-17;1-12(20)17(13-8-5-4-6-9-13)19-24-18(21)16-14(22-2)10-7-11-15(16)23-3;1-12(13-8-4-2-5-9-13)16-18-15(17)14-10-6-3-7-11-14;15-13-8-6-11(7-9-13)10-16-18-14(17)12-4-2-1-3-5-12/h1-14H,(H,26,27,28);1-14H;4-11H,1-3H3;2,4-5,8-9,14H,3,6-7,10-11H2,1H3;1-10H/b;21-18+;19-17+;16-12+;16-10+. The fraction of sp³-hybridized carbons (Fsp3) is 0.125. The molecular formula is C88H75F4N7O14. The van der Waals surface area contributed by atoms with E-state index >= 15 is 0 Å². The first-order valence-corrected chi connectivity index (χ1v) is 34.9. The summed E-state index contributed by atoms with van der Waals surface area (Å²) in [4.78, 5) is 113. The number of pyridine rings is 1. The molecule has 25 heteroatoms. The van der Waals surface area contributed by atoms with Gasteiger partial charge in [-0.2, -0.15) is 13.2 Å². The Morgan fingerprint density at radius 3 is 1.36 bits per heavy atom. The van der Waals surface area contributed by atoms with Crippen molar-refractivity contribution in [2.75, 3.05) is 14.2 Å². The van der Waals surface area contributed by atoms with E-state index in [2.05, 4.69) is 36.1 Å². The number of nitrogens with zero attached hydrogens (tertiary/aromatic N) is 6. The summed E-state index contributed by atoms with van der Waals surface area (Å²) in [6, 6.07) is 81.5. The minimum Gasteiger partial charge on any atom is -0.496 e. The quantitative estimate of drug-likeness (QED) is 0.0244. The molecule has 0 unspecified atom stereocenters. The zero-order valence-electron chi connectivity index (χ0n) is 61.5. The molecule has 12 rings (SSSR count). The van der Waals surface area contributed by atoms with Crippen molar-refractivity contribution in [1.82, 2.24) is 10.3 Å². The van der Waals surface area contributed by atoms with Gasteiger partial charge in [0.1, 0.15) is 28.6 Å². The summed E-state index contributed by atoms with van der Waals surface area (Å²) in [7, 11) is 2.86. The lowest BCUT2D eigenvalue weighted by molar-refractivity contribution is -0.149. The number of methoxy groups -OCH3 is 2. The molecule has 1 heterocycles. The molecule has 1 amide bonds. The van der Waals surface area contributed by atoms with Crippen molar-refractivity contribution in [3.8, 4) is 11.5 Å². The number of ether oxygens (including phenoxy) is 2. The predicted octanol–water partition coefficient (Wildman–Crippen LogP) is 17.7. The number of hydrogen-bond donors (Lipinski definition) is 1. The maximum atomic E-state index is 13.1. The van der Waals surface area contributed by atoms with Crippen LogP contribution in [0.25, 0.3) is 0 Å². The molecule has 21 nitrogen and oxygen atoms in total. The van der Waals surface area contributed by atoms with Crippen molar-refractivity contribution in [2.45, 2.75) is 52.1 Å². The number of benzene rings is 10. The van der Waals surface area contributed by atoms with Crippen LogP contribution in [-0.4, -0.2) is 89.9 Å². The lowest BCUT2D eigenvalue weighted by atomic mass is 9.89. The Kier molecular flexibility index (Phi) is 33.3. The number of carbonyl (C=O) groups is 7. The summed E-state index contributed by atoms with van der Waals surface area (Å²) in [5.74, 6) is -3.79. The van der Waals surface area contributed by atoms with Crippen molar-refractivity contribution in [1.29, 1.82) is 0 Å². The second-order valence-electron chi connectivity index (χ2n) is 23.9. The fourth-order valence-electron chi connectivity index (χ4n) is 10.2. The molecule has 0 radical (unpaired) electrons. The number of rotatable bonds is 20. The Hall–Kier alpha value is -14.5. The van der Waals surface area contributed by atoms with Gasteiger partial charge in [0.25, 0.3) is 5.91 Å². The van der Waals surface area contributed by atoms with Gasteiger partial charge in [-0.3, -0.25) is 14.6 Å². The van der Waals surface area contributed by atoms with Crippen LogP contribution in [0.5, 0.6) is 11.5 Å². The van der Waals surface area contributed by atoms with Gasteiger partial charge in [0, 0.05) is 35.4 Å². The minimum absolute atomic E-state index is 0.0473. The Balaban J connectivity index is 0.000000179. The van der Waals surface area contributed by atoms with E-state index in [4.69, 9.17) is 33.7 Å². The molecule has 0 saturated heterocycles. The monoisotopic (exact) mass is 1530 g/mol. The van der Waals surface area contributed by atoms with E-state index in [1.165, 1.54) is 94.4 Å². The van der Waals surface area contributed by atoms with Crippen LogP contribution in [0.4, 0.5) is 17.6 Å². The van der Waals surface area contributed by atoms with Gasteiger partial charge < -0.3 is 39.0 Å². The number of ketones is 1. The highest BCUT2D eigenvalue weighted by molar-refractivity contribution is 6.45. The molecule has 574 valence electrons. The van der Waals surface area contributed by atoms with Gasteiger partial charge in [-0.1, -0.05) is 245 Å². The van der Waals surface area contributed by atoms with E-state index in [1.807, 2.05) is 97.9 Å². The smallest absolute Gasteiger partial charge is 0.416 e. The number of aromatic nitrogens is 1. The first kappa shape index (κ1) is 84.1. The molecule has 11 aromatic rings. The van der Waals surface area contributed by atoms with Gasteiger partial charge in [-0.15, -0.1) is 0 Å². The van der Waals surface area contributed by atoms with E-state index in [0.717, 1.165) is 54.7 Å². The summed E-state index contributed by atoms with van der Waals surface area (Å²) in [6.45, 7) is 3.20. The third-order valence-corrected chi connectivity index (χ3v) is 16.0. The summed E-state index contributed by atoms with van der Waals surface area (Å²) < 4.78 is 62.2. The second-order valence-corrected chi connectivity index (χ2v) is 23.9. The van der Waals surface area contributed by atoms with Crippen LogP contribution in [-0.2, 0) is 40.0 Å². The Morgan fingerprint density at radius 2 is 0.876 bits per heavy atom. The van der Waals surface area contributed by atoms with Crippen LogP contribution in [0, 0.1) is 11.7 Å². The number of hydrogen-bond acceptors (Lipinski definition) is 20. The Morgan fingerprint density at radius 1 is 0.434 bits per heavy atom. The van der Waals surface area contributed by atoms with Gasteiger partial charge in [0.05, 0.1) is 60.0 Å². The molecule has 1 N–H and O–H groups in total. The van der Waals surface area contributed by atoms with E-state index in [0.29, 0.717) is 45.2 Å². The lowest BCUT2D eigenvalue weighted by Gasteiger charge is -2.18. The van der Waals surface area contributed by atoms with Crippen molar-refractivity contribution in [2.24, 2.45) is 31.7 Å². The van der Waals surface area contributed by atoms with E-state index in [-0.39, 0.29) is 57.3 Å². The molecule has 0 atom stereocenters. The molecule has 1 aromatic heterocycles. The average Bonchev–Trinajstić information content (AvgIpc) is 0.792. The largest absolute Gasteiger partial charge is 0.496 e. The first-order valence-electron chi connectivity index (χ1n) is 34.9. The summed E-state index contributed by atoms with van der Waals surface area (Å²) >= 11 is 0. The topological polar surface area (TPSA) is 271 Å². The molecule has 1 saturated carbocycles. The second kappa shape index (κ2) is 44.7. The molecule has 0 aliphatic heterocycles. The number of amidine groups is 1. The summed E-state index contributed by atoms with van der Waals surface area (Å²) in [5.41, 5.74) is 5.37. The lowest BCUT2D eigenvalue weighted by Crippen LogP contribution is -2.32. The maximum Gasteiger partial charge on any atom is 0.416 e. The Labute approximate surface area is 648 Å². The fourth-order valence-corrected chi connectivity index (χ4v) is 10.2. The number of nitrogens with one attached hydrogen (secondary N) is 1. The highest BCUT2D eigenvalue weighted by atomic mass is 19.4. The van der Waals surface area contributed by atoms with Crippen molar-refractivity contribution in [3.05, 3.63) is 376 Å². The summed E-state index contributed by atoms with van der Waals surface area (Å²) in [6.07, 6.45) is 3.80. The van der Waals surface area contributed by atoms with E-state index < -0.39 is 41.5 Å². The third-order valence-electron chi connectivity index (χ3n) is 16.0. The first-order chi connectivity index (χ1) is 54.8. The van der Waals surface area contributed by atoms with Crippen LogP contribution in [0.15, 0.2) is 329 Å². The Bertz CT molecular complexity index is 5000. The average molecular weight is 1530 g/mol. The number of Topliss-reactive ketones (excluding diaryl/α,β-unsaturated/α-hetero) is 1. The van der Waals surface area contributed by atoms with Crippen LogP contribution in [0.1, 0.15) is 137 Å². The van der Waals surface area contributed by atoms with Crippen LogP contribution < -0.4 is 14.8 Å². The molecule has 0 spiro atoms. The normalized spacial score (nSPS) is 12.1. The van der Waals surface area contributed by atoms with E-state index in [9.17, 15) is 51.1 Å². The number of amides is 1. The number of alkyl halides is 3. The maximum absolute atomic E-state index is 13.1. The van der Waals surface area contributed by atoms with Crippen molar-refractivity contribution >= 4 is 70.7 Å². The molecule has 10 aromatic carbocycles. The molecule has 1 aliphatic carbocycles. The van der Waals surface area contributed by atoms with Crippen molar-refractivity contribution in [3.63, 3.8) is 0 Å². The summed E-state index contributed by atoms with van der Waals surface area (Å²) in [5, 5.41) is 21.3. The minimum atomic E-state index is -4.59. The molecule has 113 heavy (non-hydrogen) atoms. The molecule has 1 fully saturated rings. The van der Waals surface area contributed by atoms with Gasteiger partial charge in [-0.05, 0) is 128 Å². The van der Waals surface area contributed by atoms with Crippen LogP contribution in [0.3, 0.4) is 0 Å². The van der Waals surface area contributed by atoms with Crippen molar-refractivity contribution < 1.29 is 84.8 Å². The number of halogens is 4.